The molecule has 0 bridgehead atoms. The lowest BCUT2D eigenvalue weighted by Crippen LogP contribution is -2.46. The maximum Gasteiger partial charge on any atom is 0.306 e. The van der Waals surface area contributed by atoms with Gasteiger partial charge in [0.05, 0.1) is 25.2 Å². The van der Waals surface area contributed by atoms with Gasteiger partial charge in [0.25, 0.3) is 0 Å². The van der Waals surface area contributed by atoms with Gasteiger partial charge >= 0.3 is 5.97 Å². The standard InChI is InChI=1S/C58H103NO5/c1-4-7-10-13-16-19-22-25-27-29-30-32-35-38-41-44-47-50-56(61)55(53-60)59-57(62)52-54(49-46-43-40-37-34-24-21-18-15-12-9-6-3)64-58(63)51-48-45-42-39-36-33-31-28-26-23-20-17-14-11-8-5-2/h8-9,11-12,17-18,20-21,26,28,33,36,54-56,60-61H,4-7,10,13-16,19,22-25,27,29-32,34-35,37-53H2,1-3H3,(H,59,62)/b11-8+,12-9+,20-17+,21-18+,28-26+,36-33+. The highest BCUT2D eigenvalue weighted by Crippen LogP contribution is 2.18. The molecule has 3 atom stereocenters. The molecule has 0 radical (unpaired) electrons. The van der Waals surface area contributed by atoms with Crippen molar-refractivity contribution in [1.82, 2.24) is 5.32 Å². The zero-order valence-corrected chi connectivity index (χ0v) is 42.1. The highest BCUT2D eigenvalue weighted by molar-refractivity contribution is 5.77. The molecule has 3 N–H and O–H groups in total. The molecule has 6 heteroatoms. The molecule has 0 aromatic carbocycles. The molecule has 0 aliphatic heterocycles. The summed E-state index contributed by atoms with van der Waals surface area (Å²) in [4.78, 5) is 26.2. The molecule has 0 saturated heterocycles. The molecule has 370 valence electrons. The van der Waals surface area contributed by atoms with E-state index < -0.39 is 18.2 Å². The molecule has 0 aromatic rings. The number of aliphatic hydroxyl groups is 2. The van der Waals surface area contributed by atoms with E-state index in [0.29, 0.717) is 19.3 Å². The summed E-state index contributed by atoms with van der Waals surface area (Å²) < 4.78 is 5.92. The van der Waals surface area contributed by atoms with Gasteiger partial charge in [-0.1, -0.05) is 229 Å². The number of carbonyl (C=O) groups excluding carboxylic acids is 2. The van der Waals surface area contributed by atoms with E-state index in [2.05, 4.69) is 99.0 Å². The summed E-state index contributed by atoms with van der Waals surface area (Å²) in [5.74, 6) is -0.524. The zero-order chi connectivity index (χ0) is 46.7. The van der Waals surface area contributed by atoms with Gasteiger partial charge in [0.15, 0.2) is 0 Å². The van der Waals surface area contributed by atoms with E-state index in [4.69, 9.17) is 4.74 Å². The monoisotopic (exact) mass is 894 g/mol. The minimum atomic E-state index is -0.800. The molecular weight excluding hydrogens is 791 g/mol. The first-order chi connectivity index (χ1) is 31.5. The number of carbonyl (C=O) groups is 2. The number of nitrogens with one attached hydrogen (secondary N) is 1. The molecule has 0 rings (SSSR count). The Morgan fingerprint density at radius 1 is 0.469 bits per heavy atom. The lowest BCUT2D eigenvalue weighted by Gasteiger charge is -2.24. The molecule has 0 aliphatic rings. The highest BCUT2D eigenvalue weighted by Gasteiger charge is 2.24. The number of hydrogen-bond acceptors (Lipinski definition) is 5. The van der Waals surface area contributed by atoms with Gasteiger partial charge < -0.3 is 20.3 Å². The maximum atomic E-state index is 13.2. The fourth-order valence-corrected chi connectivity index (χ4v) is 7.99. The first-order valence-corrected chi connectivity index (χ1v) is 27.2. The summed E-state index contributed by atoms with van der Waals surface area (Å²) in [7, 11) is 0. The Hall–Kier alpha value is -2.70. The van der Waals surface area contributed by atoms with Gasteiger partial charge in [0, 0.05) is 6.42 Å². The van der Waals surface area contributed by atoms with Gasteiger partial charge in [0.1, 0.15) is 6.10 Å². The Morgan fingerprint density at radius 3 is 1.28 bits per heavy atom. The number of amides is 1. The molecule has 64 heavy (non-hydrogen) atoms. The number of esters is 1. The summed E-state index contributed by atoms with van der Waals surface area (Å²) in [6, 6.07) is -0.716. The lowest BCUT2D eigenvalue weighted by molar-refractivity contribution is -0.151. The van der Waals surface area contributed by atoms with E-state index in [-0.39, 0.29) is 24.9 Å². The molecular formula is C58H103NO5. The smallest absolute Gasteiger partial charge is 0.306 e. The topological polar surface area (TPSA) is 95.9 Å². The summed E-state index contributed by atoms with van der Waals surface area (Å²) in [6.45, 7) is 6.26. The van der Waals surface area contributed by atoms with Crippen LogP contribution in [0.25, 0.3) is 0 Å². The fraction of sp³-hybridized carbons (Fsp3) is 0.759. The third-order valence-corrected chi connectivity index (χ3v) is 12.0. The van der Waals surface area contributed by atoms with E-state index in [9.17, 15) is 19.8 Å². The van der Waals surface area contributed by atoms with Crippen LogP contribution in [-0.2, 0) is 14.3 Å². The van der Waals surface area contributed by atoms with Crippen molar-refractivity contribution in [3.05, 3.63) is 72.9 Å². The minimum absolute atomic E-state index is 0.0528. The van der Waals surface area contributed by atoms with Crippen LogP contribution in [0, 0.1) is 0 Å². The van der Waals surface area contributed by atoms with Crippen LogP contribution in [-0.4, -0.2) is 46.9 Å². The minimum Gasteiger partial charge on any atom is -0.462 e. The second-order valence-electron chi connectivity index (χ2n) is 18.2. The average Bonchev–Trinajstić information content (AvgIpc) is 3.29. The Balaban J connectivity index is 4.56. The van der Waals surface area contributed by atoms with Crippen molar-refractivity contribution in [1.29, 1.82) is 0 Å². The van der Waals surface area contributed by atoms with Crippen molar-refractivity contribution in [3.8, 4) is 0 Å². The Kier molecular flexibility index (Phi) is 49.1. The molecule has 0 spiro atoms. The normalized spacial score (nSPS) is 13.8. The Labute approximate surface area is 396 Å². The van der Waals surface area contributed by atoms with Gasteiger partial charge in [-0.15, -0.1) is 0 Å². The van der Waals surface area contributed by atoms with Gasteiger partial charge in [-0.05, 0) is 89.9 Å². The number of aliphatic hydroxyl groups excluding tert-OH is 2. The summed E-state index contributed by atoms with van der Waals surface area (Å²) in [6.07, 6.45) is 65.4. The van der Waals surface area contributed by atoms with E-state index in [1.807, 2.05) is 0 Å². The number of allylic oxidation sites excluding steroid dienone is 12. The molecule has 6 nitrogen and oxygen atoms in total. The predicted molar refractivity (Wildman–Crippen MR) is 278 cm³/mol. The fourth-order valence-electron chi connectivity index (χ4n) is 7.99. The number of rotatable bonds is 48. The Morgan fingerprint density at radius 2 is 0.844 bits per heavy atom. The van der Waals surface area contributed by atoms with Crippen molar-refractivity contribution in [2.45, 2.75) is 277 Å². The maximum absolute atomic E-state index is 13.2. The second-order valence-corrected chi connectivity index (χ2v) is 18.2. The van der Waals surface area contributed by atoms with Crippen LogP contribution in [0.4, 0.5) is 0 Å². The van der Waals surface area contributed by atoms with Crippen molar-refractivity contribution in [3.63, 3.8) is 0 Å². The van der Waals surface area contributed by atoms with E-state index >= 15 is 0 Å². The molecule has 1 amide bonds. The van der Waals surface area contributed by atoms with Crippen LogP contribution in [0.2, 0.25) is 0 Å². The third kappa shape index (κ3) is 45.9. The number of ether oxygens (including phenoxy) is 1. The quantitative estimate of drug-likeness (QED) is 0.0321. The molecule has 0 saturated carbocycles. The molecule has 0 aliphatic carbocycles. The van der Waals surface area contributed by atoms with Crippen LogP contribution in [0.1, 0.15) is 258 Å². The van der Waals surface area contributed by atoms with Crippen molar-refractivity contribution >= 4 is 11.9 Å². The van der Waals surface area contributed by atoms with Crippen LogP contribution < -0.4 is 5.32 Å². The zero-order valence-electron chi connectivity index (χ0n) is 42.1. The van der Waals surface area contributed by atoms with E-state index in [1.54, 1.807) is 0 Å². The third-order valence-electron chi connectivity index (χ3n) is 12.0. The molecule has 0 heterocycles. The van der Waals surface area contributed by atoms with Crippen LogP contribution in [0.3, 0.4) is 0 Å². The van der Waals surface area contributed by atoms with Crippen molar-refractivity contribution in [2.75, 3.05) is 6.61 Å². The average molecular weight is 894 g/mol. The van der Waals surface area contributed by atoms with Gasteiger partial charge in [-0.3, -0.25) is 9.59 Å². The first kappa shape index (κ1) is 61.3. The summed E-state index contributed by atoms with van der Waals surface area (Å²) in [5, 5.41) is 23.8. The SMILES string of the molecule is CC/C=C/C/C=C/C/C=C/C/C=C/CCCCCC(=O)OC(CCCCCCC/C=C/C/C=C/CC)CC(=O)NC(CO)C(O)CCCCCCCCCCCCCCCCCCC. The molecule has 3 unspecified atom stereocenters. The molecule has 0 fully saturated rings. The van der Waals surface area contributed by atoms with Gasteiger partial charge in [0.2, 0.25) is 5.91 Å². The van der Waals surface area contributed by atoms with Gasteiger partial charge in [-0.25, -0.2) is 0 Å². The predicted octanol–water partition coefficient (Wildman–Crippen LogP) is 16.6. The highest BCUT2D eigenvalue weighted by atomic mass is 16.5. The first-order valence-electron chi connectivity index (χ1n) is 27.2. The van der Waals surface area contributed by atoms with Crippen LogP contribution in [0.5, 0.6) is 0 Å². The lowest BCUT2D eigenvalue weighted by atomic mass is 10.0. The van der Waals surface area contributed by atoms with Gasteiger partial charge in [-0.2, -0.15) is 0 Å². The van der Waals surface area contributed by atoms with Crippen molar-refractivity contribution < 1.29 is 24.5 Å². The van der Waals surface area contributed by atoms with Crippen LogP contribution >= 0.6 is 0 Å². The largest absolute Gasteiger partial charge is 0.462 e. The molecule has 0 aromatic heterocycles. The van der Waals surface area contributed by atoms with Crippen molar-refractivity contribution in [2.24, 2.45) is 0 Å². The summed E-state index contributed by atoms with van der Waals surface area (Å²) in [5.41, 5.74) is 0. The second kappa shape index (κ2) is 51.3. The summed E-state index contributed by atoms with van der Waals surface area (Å²) >= 11 is 0. The van der Waals surface area contributed by atoms with Crippen LogP contribution in [0.15, 0.2) is 72.9 Å². The van der Waals surface area contributed by atoms with E-state index in [1.165, 1.54) is 96.3 Å². The van der Waals surface area contributed by atoms with E-state index in [0.717, 1.165) is 116 Å². The Bertz CT molecular complexity index is 1190. The number of hydrogen-bond donors (Lipinski definition) is 3. The number of unbranched alkanes of at least 4 members (excludes halogenated alkanes) is 24.